The summed E-state index contributed by atoms with van der Waals surface area (Å²) in [5.41, 5.74) is 1.95. The molecule has 106 valence electrons. The maximum absolute atomic E-state index is 11.6. The number of rotatable bonds is 5. The van der Waals surface area contributed by atoms with E-state index in [2.05, 4.69) is 15.7 Å². The molecule has 1 aromatic rings. The predicted molar refractivity (Wildman–Crippen MR) is 77.7 cm³/mol. The van der Waals surface area contributed by atoms with E-state index in [1.807, 2.05) is 33.9 Å². The minimum Gasteiger partial charge on any atom is -0.353 e. The smallest absolute Gasteiger partial charge is 0.241 e. The van der Waals surface area contributed by atoms with Crippen LogP contribution < -0.4 is 10.6 Å². The second kappa shape index (κ2) is 9.19. The SMILES string of the molecule is CNC(C)CNC(=O)Cn1nc(C)cc1C.Cl.Cl. The highest BCUT2D eigenvalue weighted by Crippen LogP contribution is 2.00. The Morgan fingerprint density at radius 2 is 2.06 bits per heavy atom. The maximum atomic E-state index is 11.6. The van der Waals surface area contributed by atoms with Gasteiger partial charge < -0.3 is 10.6 Å². The van der Waals surface area contributed by atoms with Crippen LogP contribution >= 0.6 is 24.8 Å². The Bertz CT molecular complexity index is 368. The zero-order chi connectivity index (χ0) is 12.1. The largest absolute Gasteiger partial charge is 0.353 e. The molecule has 0 aliphatic rings. The van der Waals surface area contributed by atoms with E-state index in [9.17, 15) is 4.79 Å². The number of carbonyl (C=O) groups is 1. The molecule has 0 aliphatic carbocycles. The molecule has 1 amide bonds. The van der Waals surface area contributed by atoms with Gasteiger partial charge in [0.25, 0.3) is 0 Å². The molecule has 5 nitrogen and oxygen atoms in total. The molecular formula is C11H22Cl2N4O. The van der Waals surface area contributed by atoms with Gasteiger partial charge in [0.1, 0.15) is 6.54 Å². The molecule has 18 heavy (non-hydrogen) atoms. The van der Waals surface area contributed by atoms with E-state index >= 15 is 0 Å². The van der Waals surface area contributed by atoms with Crippen LogP contribution in [0.1, 0.15) is 18.3 Å². The number of hydrogen-bond donors (Lipinski definition) is 2. The summed E-state index contributed by atoms with van der Waals surface area (Å²) in [5.74, 6) is -0.00620. The fourth-order valence-electron chi connectivity index (χ4n) is 1.40. The Morgan fingerprint density at radius 3 is 2.50 bits per heavy atom. The van der Waals surface area contributed by atoms with E-state index in [0.29, 0.717) is 6.54 Å². The zero-order valence-corrected chi connectivity index (χ0v) is 12.8. The van der Waals surface area contributed by atoms with Gasteiger partial charge in [-0.05, 0) is 33.9 Å². The lowest BCUT2D eigenvalue weighted by Gasteiger charge is -2.11. The van der Waals surface area contributed by atoms with E-state index in [1.165, 1.54) is 0 Å². The van der Waals surface area contributed by atoms with Gasteiger partial charge in [0.2, 0.25) is 5.91 Å². The van der Waals surface area contributed by atoms with Crippen molar-refractivity contribution in [3.8, 4) is 0 Å². The van der Waals surface area contributed by atoms with Gasteiger partial charge in [-0.1, -0.05) is 0 Å². The average Bonchev–Trinajstić information content (AvgIpc) is 2.54. The number of nitrogens with zero attached hydrogens (tertiary/aromatic N) is 2. The molecule has 1 atom stereocenters. The van der Waals surface area contributed by atoms with Crippen LogP contribution in [0.15, 0.2) is 6.07 Å². The van der Waals surface area contributed by atoms with E-state index in [4.69, 9.17) is 0 Å². The number of carbonyl (C=O) groups excluding carboxylic acids is 1. The Hall–Kier alpha value is -0.780. The van der Waals surface area contributed by atoms with Crippen LogP contribution in [0.3, 0.4) is 0 Å². The molecular weight excluding hydrogens is 275 g/mol. The minimum atomic E-state index is -0.00620. The third-order valence-electron chi connectivity index (χ3n) is 2.49. The maximum Gasteiger partial charge on any atom is 0.241 e. The van der Waals surface area contributed by atoms with Crippen molar-refractivity contribution >= 4 is 30.7 Å². The molecule has 0 fully saturated rings. The fourth-order valence-corrected chi connectivity index (χ4v) is 1.40. The lowest BCUT2D eigenvalue weighted by atomic mass is 10.3. The van der Waals surface area contributed by atoms with Gasteiger partial charge in [-0.3, -0.25) is 9.48 Å². The number of amides is 1. The predicted octanol–water partition coefficient (Wildman–Crippen LogP) is 1.07. The summed E-state index contributed by atoms with van der Waals surface area (Å²) in [6.07, 6.45) is 0. The van der Waals surface area contributed by atoms with Crippen LogP contribution in [0.4, 0.5) is 0 Å². The van der Waals surface area contributed by atoms with Crippen LogP contribution in [0, 0.1) is 13.8 Å². The number of halogens is 2. The van der Waals surface area contributed by atoms with Crippen molar-refractivity contribution in [2.45, 2.75) is 33.4 Å². The Labute approximate surface area is 121 Å². The molecule has 0 bridgehead atoms. The topological polar surface area (TPSA) is 58.9 Å². The molecule has 0 spiro atoms. The molecule has 0 radical (unpaired) electrons. The van der Waals surface area contributed by atoms with Gasteiger partial charge in [-0.2, -0.15) is 5.10 Å². The van der Waals surface area contributed by atoms with Crippen molar-refractivity contribution in [3.05, 3.63) is 17.5 Å². The van der Waals surface area contributed by atoms with E-state index in [1.54, 1.807) is 4.68 Å². The second-order valence-electron chi connectivity index (χ2n) is 4.08. The first-order valence-electron chi connectivity index (χ1n) is 5.48. The lowest BCUT2D eigenvalue weighted by molar-refractivity contribution is -0.121. The van der Waals surface area contributed by atoms with Gasteiger partial charge in [0.05, 0.1) is 5.69 Å². The Morgan fingerprint density at radius 1 is 1.44 bits per heavy atom. The second-order valence-corrected chi connectivity index (χ2v) is 4.08. The van der Waals surface area contributed by atoms with Crippen molar-refractivity contribution in [1.29, 1.82) is 0 Å². The summed E-state index contributed by atoms with van der Waals surface area (Å²) in [5, 5.41) is 10.2. The number of likely N-dealkylation sites (N-methyl/N-ethyl adjacent to an activating group) is 1. The van der Waals surface area contributed by atoms with Gasteiger partial charge in [-0.15, -0.1) is 24.8 Å². The summed E-state index contributed by atoms with van der Waals surface area (Å²) in [6.45, 7) is 6.81. The van der Waals surface area contributed by atoms with Gasteiger partial charge in [-0.25, -0.2) is 0 Å². The molecule has 1 rings (SSSR count). The van der Waals surface area contributed by atoms with Crippen LogP contribution in [0.5, 0.6) is 0 Å². The molecule has 1 unspecified atom stereocenters. The average molecular weight is 297 g/mol. The molecule has 1 aromatic heterocycles. The van der Waals surface area contributed by atoms with Gasteiger partial charge >= 0.3 is 0 Å². The molecule has 1 heterocycles. The monoisotopic (exact) mass is 296 g/mol. The van der Waals surface area contributed by atoms with Crippen molar-refractivity contribution in [2.75, 3.05) is 13.6 Å². The quantitative estimate of drug-likeness (QED) is 0.854. The standard InChI is InChI=1S/C11H20N4O.2ClH/c1-8-5-10(3)15(14-8)7-11(16)13-6-9(2)12-4;;/h5,9,12H,6-7H2,1-4H3,(H,13,16);2*1H. The van der Waals surface area contributed by atoms with E-state index in [0.717, 1.165) is 11.4 Å². The minimum absolute atomic E-state index is 0. The van der Waals surface area contributed by atoms with Crippen LogP contribution in [0.25, 0.3) is 0 Å². The first kappa shape index (κ1) is 19.6. The molecule has 0 saturated heterocycles. The molecule has 0 aliphatic heterocycles. The van der Waals surface area contributed by atoms with Crippen LogP contribution in [0.2, 0.25) is 0 Å². The van der Waals surface area contributed by atoms with E-state index in [-0.39, 0.29) is 43.3 Å². The number of hydrogen-bond acceptors (Lipinski definition) is 3. The Balaban J connectivity index is 0. The highest BCUT2D eigenvalue weighted by molar-refractivity contribution is 5.85. The molecule has 7 heteroatoms. The number of aryl methyl sites for hydroxylation is 2. The normalized spacial score (nSPS) is 11.1. The summed E-state index contributed by atoms with van der Waals surface area (Å²) in [7, 11) is 1.87. The summed E-state index contributed by atoms with van der Waals surface area (Å²) in [4.78, 5) is 11.6. The Kier molecular flexibility index (Phi) is 9.99. The van der Waals surface area contributed by atoms with Gasteiger partial charge in [0.15, 0.2) is 0 Å². The number of nitrogens with one attached hydrogen (secondary N) is 2. The third-order valence-corrected chi connectivity index (χ3v) is 2.49. The van der Waals surface area contributed by atoms with Crippen LogP contribution in [-0.4, -0.2) is 35.3 Å². The molecule has 2 N–H and O–H groups in total. The number of aromatic nitrogens is 2. The van der Waals surface area contributed by atoms with Crippen molar-refractivity contribution in [1.82, 2.24) is 20.4 Å². The van der Waals surface area contributed by atoms with Gasteiger partial charge in [0, 0.05) is 18.3 Å². The molecule has 0 saturated carbocycles. The van der Waals surface area contributed by atoms with Crippen molar-refractivity contribution in [2.24, 2.45) is 0 Å². The van der Waals surface area contributed by atoms with Crippen molar-refractivity contribution in [3.63, 3.8) is 0 Å². The first-order chi connectivity index (χ1) is 7.52. The highest BCUT2D eigenvalue weighted by Gasteiger charge is 2.07. The summed E-state index contributed by atoms with van der Waals surface area (Å²) < 4.78 is 1.72. The van der Waals surface area contributed by atoms with E-state index < -0.39 is 0 Å². The van der Waals surface area contributed by atoms with Crippen molar-refractivity contribution < 1.29 is 4.79 Å². The first-order valence-corrected chi connectivity index (χ1v) is 5.48. The zero-order valence-electron chi connectivity index (χ0n) is 11.2. The molecule has 0 aromatic carbocycles. The third kappa shape index (κ3) is 6.23. The lowest BCUT2D eigenvalue weighted by Crippen LogP contribution is -2.38. The highest BCUT2D eigenvalue weighted by atomic mass is 35.5. The summed E-state index contributed by atoms with van der Waals surface area (Å²) >= 11 is 0. The summed E-state index contributed by atoms with van der Waals surface area (Å²) in [6, 6.07) is 2.24. The fraction of sp³-hybridized carbons (Fsp3) is 0.636. The van der Waals surface area contributed by atoms with Crippen LogP contribution in [-0.2, 0) is 11.3 Å².